The molecule has 3 nitrogen and oxygen atoms in total. The van der Waals surface area contributed by atoms with Crippen molar-refractivity contribution in [2.45, 2.75) is 32.6 Å². The molecule has 2 aliphatic carbocycles. The number of nitrogens with zero attached hydrogens (tertiary/aromatic N) is 2. The van der Waals surface area contributed by atoms with Crippen LogP contribution in [0, 0.1) is 0 Å². The number of allylic oxidation sites excluding steroid dienone is 9. The first-order valence-electron chi connectivity index (χ1n) is 20.3. The average Bonchev–Trinajstić information content (AvgIpc) is 3.83. The fraction of sp³-hybridized carbons (Fsp3) is 0.0909. The van der Waals surface area contributed by atoms with Gasteiger partial charge < -0.3 is 13.9 Å². The van der Waals surface area contributed by atoms with E-state index < -0.39 is 0 Å². The highest BCUT2D eigenvalue weighted by atomic mass is 16.3. The summed E-state index contributed by atoms with van der Waals surface area (Å²) in [5, 5.41) is 3.69. The van der Waals surface area contributed by atoms with Gasteiger partial charge in [-0.3, -0.25) is 0 Å². The number of anilines is 2. The quantitative estimate of drug-likeness (QED) is 0.147. The molecule has 2 heterocycles. The van der Waals surface area contributed by atoms with Crippen molar-refractivity contribution in [3.8, 4) is 22.3 Å². The second-order valence-corrected chi connectivity index (χ2v) is 15.1. The zero-order valence-corrected chi connectivity index (χ0v) is 32.7. The second-order valence-electron chi connectivity index (χ2n) is 15.1. The zero-order valence-electron chi connectivity index (χ0n) is 32.7. The van der Waals surface area contributed by atoms with Crippen molar-refractivity contribution in [1.82, 2.24) is 4.57 Å². The second kappa shape index (κ2) is 15.1. The minimum Gasteiger partial charge on any atom is -0.455 e. The van der Waals surface area contributed by atoms with Gasteiger partial charge in [0.05, 0.1) is 11.0 Å². The number of benzene rings is 6. The molecule has 0 amide bonds. The molecule has 0 saturated carbocycles. The van der Waals surface area contributed by atoms with Crippen LogP contribution >= 0.6 is 0 Å². The summed E-state index contributed by atoms with van der Waals surface area (Å²) in [6, 6.07) is 52.5. The van der Waals surface area contributed by atoms with E-state index in [1.165, 1.54) is 55.5 Å². The van der Waals surface area contributed by atoms with E-state index in [4.69, 9.17) is 4.42 Å². The number of aromatic nitrogens is 1. The van der Waals surface area contributed by atoms with Crippen LogP contribution in [0.1, 0.15) is 43.9 Å². The van der Waals surface area contributed by atoms with E-state index in [1.807, 2.05) is 13.0 Å². The van der Waals surface area contributed by atoms with Gasteiger partial charge in [0, 0.05) is 50.1 Å². The Balaban J connectivity index is 1.01. The Hall–Kier alpha value is -7.10. The number of para-hydroxylation sites is 3. The van der Waals surface area contributed by atoms with Crippen molar-refractivity contribution < 1.29 is 4.42 Å². The topological polar surface area (TPSA) is 21.3 Å². The first-order valence-corrected chi connectivity index (χ1v) is 20.3. The fourth-order valence-electron chi connectivity index (χ4n) is 8.95. The maximum Gasteiger partial charge on any atom is 0.143 e. The lowest BCUT2D eigenvalue weighted by Crippen LogP contribution is -2.18. The molecule has 3 heteroatoms. The molecule has 0 unspecified atom stereocenters. The first kappa shape index (κ1) is 35.3. The number of hydrogen-bond acceptors (Lipinski definition) is 2. The summed E-state index contributed by atoms with van der Waals surface area (Å²) in [4.78, 5) is 2.43. The highest BCUT2D eigenvalue weighted by Crippen LogP contribution is 2.41. The van der Waals surface area contributed by atoms with Crippen molar-refractivity contribution >= 4 is 62.0 Å². The molecule has 58 heavy (non-hydrogen) atoms. The Morgan fingerprint density at radius 3 is 1.90 bits per heavy atom. The van der Waals surface area contributed by atoms with Crippen LogP contribution in [0.4, 0.5) is 11.4 Å². The normalized spacial score (nSPS) is 14.4. The van der Waals surface area contributed by atoms with E-state index in [0.717, 1.165) is 70.5 Å². The smallest absolute Gasteiger partial charge is 0.143 e. The fourth-order valence-corrected chi connectivity index (χ4v) is 8.95. The first-order chi connectivity index (χ1) is 28.7. The number of furan rings is 1. The lowest BCUT2D eigenvalue weighted by atomic mass is 9.89. The molecule has 10 rings (SSSR count). The Kier molecular flexibility index (Phi) is 9.20. The number of hydrogen-bond donors (Lipinski definition) is 0. The molecular weight excluding hydrogens is 705 g/mol. The summed E-state index contributed by atoms with van der Waals surface area (Å²) >= 11 is 0. The Morgan fingerprint density at radius 2 is 1.24 bits per heavy atom. The lowest BCUT2D eigenvalue weighted by Gasteiger charge is -2.31. The minimum atomic E-state index is 0.793. The SMILES string of the molecule is C=Cc1oc2c(-c3ccc(N(C4=CC=C(C5=CC(n6c7ccccc7c7ccccc76)=CCC5)CC4)c4ccc(-c5ccccc5)cc4)cc3)cccc2c1/C=C\C. The third kappa shape index (κ3) is 6.26. The molecule has 0 fully saturated rings. The van der Waals surface area contributed by atoms with Crippen LogP contribution in [0.5, 0.6) is 0 Å². The molecule has 0 radical (unpaired) electrons. The van der Waals surface area contributed by atoms with Gasteiger partial charge >= 0.3 is 0 Å². The number of rotatable bonds is 9. The molecule has 2 aromatic heterocycles. The van der Waals surface area contributed by atoms with E-state index in [-0.39, 0.29) is 0 Å². The molecule has 0 atom stereocenters. The molecule has 0 N–H and O–H groups in total. The molecule has 8 aromatic rings. The molecule has 280 valence electrons. The van der Waals surface area contributed by atoms with Gasteiger partial charge in [-0.05, 0) is 115 Å². The van der Waals surface area contributed by atoms with Crippen molar-refractivity contribution in [2.24, 2.45) is 0 Å². The summed E-state index contributed by atoms with van der Waals surface area (Å²) in [5.41, 5.74) is 16.7. The summed E-state index contributed by atoms with van der Waals surface area (Å²) in [6.07, 6.45) is 19.5. The van der Waals surface area contributed by atoms with Crippen LogP contribution in [-0.2, 0) is 0 Å². The van der Waals surface area contributed by atoms with Crippen LogP contribution in [-0.4, -0.2) is 4.57 Å². The molecule has 0 spiro atoms. The Bertz CT molecular complexity index is 2950. The van der Waals surface area contributed by atoms with Crippen LogP contribution in [0.15, 0.2) is 204 Å². The van der Waals surface area contributed by atoms with Gasteiger partial charge in [-0.15, -0.1) is 0 Å². The van der Waals surface area contributed by atoms with Crippen LogP contribution < -0.4 is 4.90 Å². The summed E-state index contributed by atoms with van der Waals surface area (Å²) < 4.78 is 8.85. The van der Waals surface area contributed by atoms with Gasteiger partial charge in [0.2, 0.25) is 0 Å². The predicted octanol–water partition coefficient (Wildman–Crippen LogP) is 15.6. The molecule has 0 saturated heterocycles. The molecule has 0 bridgehead atoms. The van der Waals surface area contributed by atoms with Gasteiger partial charge in [0.1, 0.15) is 11.3 Å². The summed E-state index contributed by atoms with van der Waals surface area (Å²) in [7, 11) is 0. The van der Waals surface area contributed by atoms with Gasteiger partial charge in [-0.25, -0.2) is 0 Å². The molecule has 2 aliphatic rings. The van der Waals surface area contributed by atoms with E-state index in [0.29, 0.717) is 0 Å². The van der Waals surface area contributed by atoms with Gasteiger partial charge in [0.25, 0.3) is 0 Å². The molecule has 0 aliphatic heterocycles. The zero-order chi connectivity index (χ0) is 39.0. The monoisotopic (exact) mass is 748 g/mol. The van der Waals surface area contributed by atoms with Gasteiger partial charge in [-0.2, -0.15) is 0 Å². The summed E-state index contributed by atoms with van der Waals surface area (Å²) in [5.74, 6) is 0.793. The van der Waals surface area contributed by atoms with Crippen molar-refractivity contribution in [1.29, 1.82) is 0 Å². The van der Waals surface area contributed by atoms with Crippen LogP contribution in [0.3, 0.4) is 0 Å². The maximum absolute atomic E-state index is 6.40. The van der Waals surface area contributed by atoms with Crippen molar-refractivity contribution in [3.63, 3.8) is 0 Å². The Morgan fingerprint density at radius 1 is 0.603 bits per heavy atom. The largest absolute Gasteiger partial charge is 0.455 e. The third-order valence-corrected chi connectivity index (χ3v) is 11.7. The third-order valence-electron chi connectivity index (χ3n) is 11.7. The minimum absolute atomic E-state index is 0.793. The van der Waals surface area contributed by atoms with E-state index >= 15 is 0 Å². The summed E-state index contributed by atoms with van der Waals surface area (Å²) in [6.45, 7) is 6.04. The van der Waals surface area contributed by atoms with E-state index in [2.05, 4.69) is 192 Å². The highest BCUT2D eigenvalue weighted by molar-refractivity contribution is 6.10. The molecule has 6 aromatic carbocycles. The van der Waals surface area contributed by atoms with Gasteiger partial charge in [0.15, 0.2) is 0 Å². The average molecular weight is 749 g/mol. The standard InChI is InChI=1S/C55H44N2O/c1-3-14-50-51-22-13-21-47(55(51)58-54(50)4-2)41-29-35-45(36-30-41)56(43-31-25-39(26-32-43)38-15-6-5-7-16-38)44-33-27-40(28-34-44)42-17-12-18-46(37-42)57-52-23-10-8-19-48(52)49-20-9-11-24-53(49)57/h3-11,13-16,18-27,29-33,35-37H,2,12,17,28,34H2,1H3/b14-3-. The van der Waals surface area contributed by atoms with E-state index in [1.54, 1.807) is 6.08 Å². The Labute approximate surface area is 340 Å². The molecular formula is C55H44N2O. The number of fused-ring (bicyclic) bond motifs is 4. The van der Waals surface area contributed by atoms with Crippen LogP contribution in [0.2, 0.25) is 0 Å². The lowest BCUT2D eigenvalue weighted by molar-refractivity contribution is 0.604. The highest BCUT2D eigenvalue weighted by Gasteiger charge is 2.22. The maximum atomic E-state index is 6.40. The predicted molar refractivity (Wildman–Crippen MR) is 247 cm³/mol. The van der Waals surface area contributed by atoms with Crippen molar-refractivity contribution in [2.75, 3.05) is 4.90 Å². The van der Waals surface area contributed by atoms with Crippen LogP contribution in [0.25, 0.3) is 72.9 Å². The van der Waals surface area contributed by atoms with E-state index in [9.17, 15) is 0 Å². The van der Waals surface area contributed by atoms with Crippen molar-refractivity contribution in [3.05, 3.63) is 211 Å². The van der Waals surface area contributed by atoms with Gasteiger partial charge in [-0.1, -0.05) is 140 Å².